The molecular weight excluding hydrogens is 156 g/mol. The number of rotatable bonds is 1. The van der Waals surface area contributed by atoms with Crippen LogP contribution in [0.4, 0.5) is 0 Å². The Kier molecular flexibility index (Phi) is 1.44. The highest BCUT2D eigenvalue weighted by Crippen LogP contribution is 2.22. The van der Waals surface area contributed by atoms with Crippen molar-refractivity contribution in [2.75, 3.05) is 0 Å². The second-order valence-corrected chi connectivity index (χ2v) is 2.99. The molecular formula is C8H10N2O2. The summed E-state index contributed by atoms with van der Waals surface area (Å²) in [6.45, 7) is 3.21. The van der Waals surface area contributed by atoms with Crippen LogP contribution >= 0.6 is 0 Å². The number of carboxylic acids is 1. The number of carboxylic acid groups (broad SMARTS) is 1. The van der Waals surface area contributed by atoms with Crippen LogP contribution in [0.1, 0.15) is 27.3 Å². The molecule has 3 N–H and O–H groups in total. The largest absolute Gasteiger partial charge is 0.478 e. The molecule has 1 aromatic heterocycles. The Morgan fingerprint density at radius 3 is 2.92 bits per heavy atom. The third kappa shape index (κ3) is 0.848. The number of H-pyrrole nitrogens is 1. The molecule has 4 heteroatoms. The van der Waals surface area contributed by atoms with Crippen LogP contribution in [0.25, 0.3) is 0 Å². The number of aromatic nitrogens is 1. The van der Waals surface area contributed by atoms with Crippen molar-refractivity contribution in [3.05, 3.63) is 22.5 Å². The molecule has 2 rings (SSSR count). The maximum Gasteiger partial charge on any atom is 0.337 e. The van der Waals surface area contributed by atoms with Gasteiger partial charge in [-0.15, -0.1) is 0 Å². The topological polar surface area (TPSA) is 65.1 Å². The van der Waals surface area contributed by atoms with Crippen LogP contribution in [0.3, 0.4) is 0 Å². The van der Waals surface area contributed by atoms with Gasteiger partial charge in [0.1, 0.15) is 0 Å². The number of aromatic carboxylic acids is 1. The second kappa shape index (κ2) is 2.35. The summed E-state index contributed by atoms with van der Waals surface area (Å²) in [5, 5.41) is 12.0. The lowest BCUT2D eigenvalue weighted by Gasteiger charge is -1.95. The first-order chi connectivity index (χ1) is 5.70. The number of hydrogen-bond donors (Lipinski definition) is 3. The van der Waals surface area contributed by atoms with E-state index in [9.17, 15) is 4.79 Å². The molecule has 0 aliphatic carbocycles. The molecule has 0 aromatic carbocycles. The number of fused-ring (bicyclic) bond motifs is 1. The zero-order valence-corrected chi connectivity index (χ0v) is 6.77. The van der Waals surface area contributed by atoms with Gasteiger partial charge in [-0.05, 0) is 6.92 Å². The van der Waals surface area contributed by atoms with Gasteiger partial charge in [0.05, 0.1) is 5.56 Å². The van der Waals surface area contributed by atoms with E-state index in [1.807, 2.05) is 0 Å². The molecule has 0 spiro atoms. The molecule has 1 aliphatic rings. The van der Waals surface area contributed by atoms with Gasteiger partial charge in [-0.3, -0.25) is 0 Å². The number of nitrogens with one attached hydrogen (secondary N) is 2. The quantitative estimate of drug-likeness (QED) is 0.573. The van der Waals surface area contributed by atoms with Gasteiger partial charge in [0.15, 0.2) is 0 Å². The molecule has 0 saturated heterocycles. The highest BCUT2D eigenvalue weighted by molar-refractivity contribution is 5.91. The first-order valence-corrected chi connectivity index (χ1v) is 3.84. The van der Waals surface area contributed by atoms with Crippen molar-refractivity contribution in [1.29, 1.82) is 0 Å². The summed E-state index contributed by atoms with van der Waals surface area (Å²) in [6, 6.07) is 0. The zero-order chi connectivity index (χ0) is 8.72. The molecule has 0 amide bonds. The standard InChI is InChI=1S/C8H10N2O2/c1-4-7(8(11)12)5-2-9-3-6(5)10-4/h9-10H,2-3H2,1H3,(H,11,12). The monoisotopic (exact) mass is 166 g/mol. The molecule has 0 saturated carbocycles. The van der Waals surface area contributed by atoms with Crippen molar-refractivity contribution >= 4 is 5.97 Å². The zero-order valence-electron chi connectivity index (χ0n) is 6.77. The van der Waals surface area contributed by atoms with Gasteiger partial charge < -0.3 is 15.4 Å². The molecule has 2 heterocycles. The van der Waals surface area contributed by atoms with Gasteiger partial charge in [0, 0.05) is 30.0 Å². The van der Waals surface area contributed by atoms with E-state index in [4.69, 9.17) is 5.11 Å². The third-order valence-electron chi connectivity index (χ3n) is 2.20. The Morgan fingerprint density at radius 2 is 2.25 bits per heavy atom. The van der Waals surface area contributed by atoms with Gasteiger partial charge in [0.2, 0.25) is 0 Å². The van der Waals surface area contributed by atoms with E-state index in [-0.39, 0.29) is 0 Å². The second-order valence-electron chi connectivity index (χ2n) is 2.99. The summed E-state index contributed by atoms with van der Waals surface area (Å²) >= 11 is 0. The van der Waals surface area contributed by atoms with E-state index < -0.39 is 5.97 Å². The Labute approximate surface area is 69.6 Å². The van der Waals surface area contributed by atoms with E-state index in [2.05, 4.69) is 10.3 Å². The fourth-order valence-corrected chi connectivity index (χ4v) is 1.69. The van der Waals surface area contributed by atoms with Crippen LogP contribution in [0.5, 0.6) is 0 Å². The van der Waals surface area contributed by atoms with E-state index in [1.165, 1.54) is 0 Å². The summed E-state index contributed by atoms with van der Waals surface area (Å²) < 4.78 is 0. The van der Waals surface area contributed by atoms with Crippen molar-refractivity contribution < 1.29 is 9.90 Å². The molecule has 0 unspecified atom stereocenters. The predicted octanol–water partition coefficient (Wildman–Crippen LogP) is 0.625. The molecule has 1 aliphatic heterocycles. The maximum absolute atomic E-state index is 10.8. The lowest BCUT2D eigenvalue weighted by molar-refractivity contribution is 0.0695. The van der Waals surface area contributed by atoms with Crippen LogP contribution in [0, 0.1) is 6.92 Å². The molecule has 4 nitrogen and oxygen atoms in total. The first kappa shape index (κ1) is 7.36. The average Bonchev–Trinajstić information content (AvgIpc) is 2.44. The van der Waals surface area contributed by atoms with Gasteiger partial charge in [-0.1, -0.05) is 0 Å². The Balaban J connectivity index is 2.59. The summed E-state index contributed by atoms with van der Waals surface area (Å²) in [7, 11) is 0. The van der Waals surface area contributed by atoms with Crippen LogP contribution in [-0.2, 0) is 13.1 Å². The van der Waals surface area contributed by atoms with Crippen molar-refractivity contribution in [3.63, 3.8) is 0 Å². The van der Waals surface area contributed by atoms with E-state index in [0.717, 1.165) is 23.5 Å². The molecule has 12 heavy (non-hydrogen) atoms. The van der Waals surface area contributed by atoms with Crippen molar-refractivity contribution in [2.24, 2.45) is 0 Å². The van der Waals surface area contributed by atoms with Crippen molar-refractivity contribution in [1.82, 2.24) is 10.3 Å². The number of aryl methyl sites for hydroxylation is 1. The van der Waals surface area contributed by atoms with Gasteiger partial charge >= 0.3 is 5.97 Å². The van der Waals surface area contributed by atoms with Crippen LogP contribution in [-0.4, -0.2) is 16.1 Å². The minimum atomic E-state index is -0.839. The minimum absolute atomic E-state index is 0.440. The fraction of sp³-hybridized carbons (Fsp3) is 0.375. The Bertz CT molecular complexity index is 341. The summed E-state index contributed by atoms with van der Waals surface area (Å²) in [5.74, 6) is -0.839. The van der Waals surface area contributed by atoms with Crippen molar-refractivity contribution in [3.8, 4) is 0 Å². The number of carbonyl (C=O) groups is 1. The van der Waals surface area contributed by atoms with Gasteiger partial charge in [-0.25, -0.2) is 4.79 Å². The normalized spacial score (nSPS) is 14.8. The van der Waals surface area contributed by atoms with Crippen LogP contribution in [0.2, 0.25) is 0 Å². The van der Waals surface area contributed by atoms with E-state index >= 15 is 0 Å². The predicted molar refractivity (Wildman–Crippen MR) is 43.0 cm³/mol. The van der Waals surface area contributed by atoms with Gasteiger partial charge in [-0.2, -0.15) is 0 Å². The highest BCUT2D eigenvalue weighted by Gasteiger charge is 2.22. The maximum atomic E-state index is 10.8. The molecule has 64 valence electrons. The van der Waals surface area contributed by atoms with E-state index in [0.29, 0.717) is 12.1 Å². The number of hydrogen-bond acceptors (Lipinski definition) is 2. The third-order valence-corrected chi connectivity index (χ3v) is 2.20. The molecule has 0 bridgehead atoms. The first-order valence-electron chi connectivity index (χ1n) is 3.84. The van der Waals surface area contributed by atoms with Crippen molar-refractivity contribution in [2.45, 2.75) is 20.0 Å². The molecule has 0 fully saturated rings. The van der Waals surface area contributed by atoms with Crippen LogP contribution in [0.15, 0.2) is 0 Å². The fourth-order valence-electron chi connectivity index (χ4n) is 1.69. The SMILES string of the molecule is Cc1[nH]c2c(c1C(=O)O)CNC2. The smallest absolute Gasteiger partial charge is 0.337 e. The lowest BCUT2D eigenvalue weighted by Crippen LogP contribution is -2.06. The van der Waals surface area contributed by atoms with Gasteiger partial charge in [0.25, 0.3) is 0 Å². The summed E-state index contributed by atoms with van der Waals surface area (Å²) in [5.41, 5.74) is 3.13. The average molecular weight is 166 g/mol. The molecule has 1 aromatic rings. The number of aromatic amines is 1. The lowest BCUT2D eigenvalue weighted by atomic mass is 10.1. The highest BCUT2D eigenvalue weighted by atomic mass is 16.4. The molecule has 0 radical (unpaired) electrons. The summed E-state index contributed by atoms with van der Waals surface area (Å²) in [6.07, 6.45) is 0. The Hall–Kier alpha value is -1.29. The van der Waals surface area contributed by atoms with E-state index in [1.54, 1.807) is 6.92 Å². The van der Waals surface area contributed by atoms with Crippen LogP contribution < -0.4 is 5.32 Å². The molecule has 0 atom stereocenters. The minimum Gasteiger partial charge on any atom is -0.478 e. The summed E-state index contributed by atoms with van der Waals surface area (Å²) in [4.78, 5) is 13.9. The Morgan fingerprint density at radius 1 is 1.50 bits per heavy atom.